The van der Waals surface area contributed by atoms with Gasteiger partial charge in [0.2, 0.25) is 5.78 Å². The van der Waals surface area contributed by atoms with E-state index in [0.29, 0.717) is 38.7 Å². The van der Waals surface area contributed by atoms with Gasteiger partial charge in [-0.2, -0.15) is 0 Å². The molecule has 150 valence electrons. The van der Waals surface area contributed by atoms with Crippen LogP contribution in [0.15, 0.2) is 71.1 Å². The number of amides is 1. The minimum absolute atomic E-state index is 0.227. The van der Waals surface area contributed by atoms with E-state index in [1.807, 2.05) is 6.92 Å². The van der Waals surface area contributed by atoms with Crippen molar-refractivity contribution in [1.29, 1.82) is 0 Å². The molecule has 0 radical (unpaired) electrons. The highest BCUT2D eigenvalue weighted by Crippen LogP contribution is 2.30. The third kappa shape index (κ3) is 3.80. The first-order valence-corrected chi connectivity index (χ1v) is 9.63. The average Bonchev–Trinajstić information content (AvgIpc) is 3.09. The Morgan fingerprint density at radius 2 is 1.73 bits per heavy atom. The second-order valence-corrected chi connectivity index (χ2v) is 7.23. The zero-order valence-corrected chi connectivity index (χ0v) is 17.1. The van der Waals surface area contributed by atoms with Crippen molar-refractivity contribution < 1.29 is 18.7 Å². The molecule has 4 rings (SSSR count). The summed E-state index contributed by atoms with van der Waals surface area (Å²) < 4.78 is 11.0. The molecule has 1 aromatic heterocycles. The van der Waals surface area contributed by atoms with E-state index in [-0.39, 0.29) is 17.5 Å². The molecule has 0 atom stereocenters. The van der Waals surface area contributed by atoms with Crippen LogP contribution >= 0.6 is 11.6 Å². The Morgan fingerprint density at radius 1 is 0.967 bits per heavy atom. The number of anilines is 1. The molecule has 0 saturated heterocycles. The first-order valence-electron chi connectivity index (χ1n) is 9.25. The molecule has 1 heterocycles. The number of furan rings is 1. The molecule has 0 aliphatic rings. The Balaban J connectivity index is 1.64. The highest BCUT2D eigenvalue weighted by molar-refractivity contribution is 6.30. The van der Waals surface area contributed by atoms with Gasteiger partial charge in [0.25, 0.3) is 5.91 Å². The van der Waals surface area contributed by atoms with Gasteiger partial charge in [-0.3, -0.25) is 9.59 Å². The van der Waals surface area contributed by atoms with E-state index in [4.69, 9.17) is 20.8 Å². The van der Waals surface area contributed by atoms with Crippen LogP contribution < -0.4 is 10.1 Å². The molecule has 0 spiro atoms. The summed E-state index contributed by atoms with van der Waals surface area (Å²) in [6.45, 7) is 1.82. The maximum absolute atomic E-state index is 13.0. The number of hydrogen-bond donors (Lipinski definition) is 1. The van der Waals surface area contributed by atoms with Crippen molar-refractivity contribution in [2.75, 3.05) is 12.4 Å². The molecule has 0 aliphatic heterocycles. The molecule has 3 aromatic carbocycles. The number of carbonyl (C=O) groups excluding carboxylic acids is 2. The number of benzene rings is 3. The average molecular weight is 420 g/mol. The number of methoxy groups -OCH3 is 1. The third-order valence-corrected chi connectivity index (χ3v) is 5.09. The number of fused-ring (bicyclic) bond motifs is 1. The number of nitrogens with one attached hydrogen (secondary N) is 1. The fraction of sp³-hybridized carbons (Fsp3) is 0.0833. The number of ether oxygens (including phenoxy) is 1. The molecule has 6 heteroatoms. The number of hydrogen-bond acceptors (Lipinski definition) is 4. The molecule has 1 amide bonds. The Kier molecular flexibility index (Phi) is 5.29. The lowest BCUT2D eigenvalue weighted by molar-refractivity contribution is 0.101. The molecule has 0 bridgehead atoms. The van der Waals surface area contributed by atoms with E-state index >= 15 is 0 Å². The topological polar surface area (TPSA) is 68.5 Å². The molecule has 0 unspecified atom stereocenters. The van der Waals surface area contributed by atoms with Gasteiger partial charge in [-0.05, 0) is 61.5 Å². The Labute approximate surface area is 178 Å². The minimum atomic E-state index is -0.250. The van der Waals surface area contributed by atoms with Crippen molar-refractivity contribution in [2.24, 2.45) is 0 Å². The van der Waals surface area contributed by atoms with Crippen molar-refractivity contribution in [3.05, 3.63) is 94.2 Å². The normalized spacial score (nSPS) is 10.8. The zero-order chi connectivity index (χ0) is 21.3. The van der Waals surface area contributed by atoms with Crippen LogP contribution in [-0.4, -0.2) is 18.8 Å². The number of ketones is 1. The number of carbonyl (C=O) groups is 2. The van der Waals surface area contributed by atoms with E-state index < -0.39 is 0 Å². The van der Waals surface area contributed by atoms with Crippen molar-refractivity contribution >= 4 is 39.9 Å². The minimum Gasteiger partial charge on any atom is -0.497 e. The maximum atomic E-state index is 13.0. The van der Waals surface area contributed by atoms with Gasteiger partial charge < -0.3 is 14.5 Å². The van der Waals surface area contributed by atoms with E-state index in [0.717, 1.165) is 5.39 Å². The van der Waals surface area contributed by atoms with Crippen molar-refractivity contribution in [3.8, 4) is 5.75 Å². The van der Waals surface area contributed by atoms with Crippen molar-refractivity contribution in [2.45, 2.75) is 6.92 Å². The summed E-state index contributed by atoms with van der Waals surface area (Å²) in [5, 5.41) is 4.18. The van der Waals surface area contributed by atoms with E-state index in [1.165, 1.54) is 0 Å². The standard InChI is InChI=1S/C24H18ClNO4/c1-14-20-13-18(26-24(28)15-6-8-17(25)9-7-15)10-11-21(20)30-23(14)22(27)16-4-3-5-19(12-16)29-2/h3-13H,1-2H3,(H,26,28). The van der Waals surface area contributed by atoms with Gasteiger partial charge >= 0.3 is 0 Å². The first kappa shape index (κ1) is 19.7. The van der Waals surface area contributed by atoms with Crippen LogP contribution in [0.5, 0.6) is 5.75 Å². The molecule has 5 nitrogen and oxygen atoms in total. The van der Waals surface area contributed by atoms with Crippen LogP contribution in [-0.2, 0) is 0 Å². The molecule has 1 N–H and O–H groups in total. The van der Waals surface area contributed by atoms with Crippen LogP contribution in [0.25, 0.3) is 11.0 Å². The molecule has 4 aromatic rings. The summed E-state index contributed by atoms with van der Waals surface area (Å²) in [5.74, 6) is 0.385. The quantitative estimate of drug-likeness (QED) is 0.410. The molecular formula is C24H18ClNO4. The van der Waals surface area contributed by atoms with Gasteiger partial charge in [-0.1, -0.05) is 23.7 Å². The summed E-state index contributed by atoms with van der Waals surface area (Å²) in [4.78, 5) is 25.4. The van der Waals surface area contributed by atoms with Gasteiger partial charge in [-0.15, -0.1) is 0 Å². The lowest BCUT2D eigenvalue weighted by atomic mass is 10.0. The van der Waals surface area contributed by atoms with Gasteiger partial charge in [0.15, 0.2) is 5.76 Å². The smallest absolute Gasteiger partial charge is 0.255 e. The summed E-state index contributed by atoms with van der Waals surface area (Å²) in [6, 6.07) is 18.8. The highest BCUT2D eigenvalue weighted by Gasteiger charge is 2.20. The Bertz CT molecular complexity index is 1260. The predicted octanol–water partition coefficient (Wildman–Crippen LogP) is 5.89. The second kappa shape index (κ2) is 8.05. The molecular weight excluding hydrogens is 402 g/mol. The third-order valence-electron chi connectivity index (χ3n) is 4.84. The van der Waals surface area contributed by atoms with Crippen LogP contribution in [0.3, 0.4) is 0 Å². The van der Waals surface area contributed by atoms with E-state index in [1.54, 1.807) is 73.8 Å². The molecule has 0 aliphatic carbocycles. The summed E-state index contributed by atoms with van der Waals surface area (Å²) in [6.07, 6.45) is 0. The molecule has 0 fully saturated rings. The van der Waals surface area contributed by atoms with E-state index in [2.05, 4.69) is 5.32 Å². The second-order valence-electron chi connectivity index (χ2n) is 6.79. The highest BCUT2D eigenvalue weighted by atomic mass is 35.5. The zero-order valence-electron chi connectivity index (χ0n) is 16.4. The van der Waals surface area contributed by atoms with Crippen LogP contribution in [0.2, 0.25) is 5.02 Å². The van der Waals surface area contributed by atoms with Gasteiger partial charge in [0, 0.05) is 32.8 Å². The lowest BCUT2D eigenvalue weighted by Gasteiger charge is -2.05. The fourth-order valence-electron chi connectivity index (χ4n) is 3.22. The van der Waals surface area contributed by atoms with Crippen molar-refractivity contribution in [3.63, 3.8) is 0 Å². The Morgan fingerprint density at radius 3 is 2.47 bits per heavy atom. The monoisotopic (exact) mass is 419 g/mol. The van der Waals surface area contributed by atoms with Gasteiger partial charge in [0.05, 0.1) is 7.11 Å². The molecule has 0 saturated carbocycles. The number of aryl methyl sites for hydroxylation is 1. The first-order chi connectivity index (χ1) is 14.5. The SMILES string of the molecule is COc1cccc(C(=O)c2oc3ccc(NC(=O)c4ccc(Cl)cc4)cc3c2C)c1. The van der Waals surface area contributed by atoms with Gasteiger partial charge in [-0.25, -0.2) is 0 Å². The largest absolute Gasteiger partial charge is 0.497 e. The predicted molar refractivity (Wildman–Crippen MR) is 117 cm³/mol. The number of halogens is 1. The van der Waals surface area contributed by atoms with Gasteiger partial charge in [0.1, 0.15) is 11.3 Å². The maximum Gasteiger partial charge on any atom is 0.255 e. The van der Waals surface area contributed by atoms with E-state index in [9.17, 15) is 9.59 Å². The summed E-state index contributed by atoms with van der Waals surface area (Å²) in [7, 11) is 1.55. The lowest BCUT2D eigenvalue weighted by Crippen LogP contribution is -2.11. The summed E-state index contributed by atoms with van der Waals surface area (Å²) >= 11 is 5.87. The Hall–Kier alpha value is -3.57. The van der Waals surface area contributed by atoms with Crippen LogP contribution in [0.4, 0.5) is 5.69 Å². The number of rotatable bonds is 5. The van der Waals surface area contributed by atoms with Crippen molar-refractivity contribution in [1.82, 2.24) is 0 Å². The van der Waals surface area contributed by atoms with Crippen LogP contribution in [0.1, 0.15) is 32.0 Å². The summed E-state index contributed by atoms with van der Waals surface area (Å²) in [5.41, 5.74) is 2.86. The van der Waals surface area contributed by atoms with Crippen LogP contribution in [0, 0.1) is 6.92 Å². The fourth-order valence-corrected chi connectivity index (χ4v) is 3.34. The molecule has 30 heavy (non-hydrogen) atoms.